The summed E-state index contributed by atoms with van der Waals surface area (Å²) in [6.07, 6.45) is -6.30. The molecule has 15 nitrogen and oxygen atoms in total. The van der Waals surface area contributed by atoms with Gasteiger partial charge in [-0.1, -0.05) is 0 Å². The van der Waals surface area contributed by atoms with Gasteiger partial charge >= 0.3 is 29.8 Å². The quantitative estimate of drug-likeness (QED) is 0.215. The summed E-state index contributed by atoms with van der Waals surface area (Å²) < 4.78 is 44.3. The normalized spacial score (nSPS) is 20.8. The van der Waals surface area contributed by atoms with E-state index in [-0.39, 0.29) is 47.0 Å². The van der Waals surface area contributed by atoms with Crippen molar-refractivity contribution in [2.45, 2.75) is 65.1 Å². The van der Waals surface area contributed by atoms with E-state index in [1.165, 1.54) is 42.0 Å². The van der Waals surface area contributed by atoms with E-state index in [0.29, 0.717) is 0 Å². The van der Waals surface area contributed by atoms with Crippen molar-refractivity contribution in [2.24, 2.45) is 0 Å². The zero-order valence-corrected chi connectivity index (χ0v) is 26.3. The van der Waals surface area contributed by atoms with Crippen LogP contribution in [0.25, 0.3) is 22.2 Å². The molecule has 3 heterocycles. The van der Waals surface area contributed by atoms with Crippen molar-refractivity contribution >= 4 is 52.2 Å². The van der Waals surface area contributed by atoms with Crippen molar-refractivity contribution in [3.05, 3.63) is 45.1 Å². The zero-order chi connectivity index (χ0) is 33.5. The molecule has 16 heteroatoms. The van der Waals surface area contributed by atoms with Crippen LogP contribution in [0.2, 0.25) is 0 Å². The van der Waals surface area contributed by atoms with Crippen LogP contribution >= 0.6 is 11.3 Å². The van der Waals surface area contributed by atoms with E-state index in [9.17, 15) is 28.8 Å². The van der Waals surface area contributed by atoms with Crippen molar-refractivity contribution in [1.29, 1.82) is 0 Å². The lowest BCUT2D eigenvalue weighted by atomic mass is 9.94. The molecule has 0 N–H and O–H groups in total. The fraction of sp³-hybridized carbons (Fsp3) is 0.433. The van der Waals surface area contributed by atoms with Crippen molar-refractivity contribution in [3.63, 3.8) is 0 Å². The van der Waals surface area contributed by atoms with Gasteiger partial charge in [-0.2, -0.15) is 0 Å². The first-order chi connectivity index (χ1) is 21.9. The van der Waals surface area contributed by atoms with Gasteiger partial charge in [0.25, 0.3) is 0 Å². The zero-order valence-electron chi connectivity index (χ0n) is 25.5. The molecule has 0 radical (unpaired) electrons. The maximum atomic E-state index is 13.5. The minimum absolute atomic E-state index is 0.00563. The number of esters is 5. The number of carbonyl (C=O) groups excluding carboxylic acids is 5. The Morgan fingerprint density at radius 2 is 1.48 bits per heavy atom. The van der Waals surface area contributed by atoms with Crippen LogP contribution in [0.5, 0.6) is 5.75 Å². The fourth-order valence-electron chi connectivity index (χ4n) is 4.80. The molecule has 1 fully saturated rings. The van der Waals surface area contributed by atoms with Crippen molar-refractivity contribution < 1.29 is 61.5 Å². The average Bonchev–Trinajstić information content (AvgIpc) is 3.51. The highest BCUT2D eigenvalue weighted by atomic mass is 32.1. The minimum Gasteiger partial charge on any atom is -0.491 e. The first-order valence-corrected chi connectivity index (χ1v) is 14.9. The number of ether oxygens (including phenoxy) is 7. The van der Waals surface area contributed by atoms with Crippen LogP contribution in [-0.4, -0.2) is 85.2 Å². The number of hydrogen-bond donors (Lipinski definition) is 0. The van der Waals surface area contributed by atoms with Gasteiger partial charge in [0.2, 0.25) is 11.2 Å². The Labute approximate surface area is 265 Å². The molecule has 3 aromatic rings. The smallest absolute Gasteiger partial charge is 0.375 e. The number of carbonyl (C=O) groups is 5. The molecule has 0 amide bonds. The third-order valence-corrected chi connectivity index (χ3v) is 7.10. The average molecular weight is 662 g/mol. The molecule has 5 atom stereocenters. The Morgan fingerprint density at radius 3 is 2.04 bits per heavy atom. The summed E-state index contributed by atoms with van der Waals surface area (Å²) in [4.78, 5) is 78.1. The van der Waals surface area contributed by atoms with Crippen LogP contribution in [0.1, 0.15) is 45.2 Å². The van der Waals surface area contributed by atoms with E-state index >= 15 is 0 Å². The molecule has 0 unspecified atom stereocenters. The second-order valence-electron chi connectivity index (χ2n) is 9.94. The van der Waals surface area contributed by atoms with E-state index < -0.39 is 72.4 Å². The summed E-state index contributed by atoms with van der Waals surface area (Å²) in [5.74, 6) is -3.97. The monoisotopic (exact) mass is 661 g/mol. The second-order valence-corrected chi connectivity index (χ2v) is 10.7. The lowest BCUT2D eigenvalue weighted by Crippen LogP contribution is -2.63. The molecule has 1 aromatic carbocycles. The maximum Gasteiger partial charge on any atom is 0.375 e. The molecule has 0 bridgehead atoms. The molecule has 246 valence electrons. The van der Waals surface area contributed by atoms with Gasteiger partial charge in [-0.3, -0.25) is 24.0 Å². The summed E-state index contributed by atoms with van der Waals surface area (Å²) in [5, 5.41) is 1.74. The Bertz CT molecular complexity index is 1670. The van der Waals surface area contributed by atoms with Gasteiger partial charge in [0.1, 0.15) is 36.8 Å². The molecular formula is C30H31NO14S. The first kappa shape index (κ1) is 34.1. The van der Waals surface area contributed by atoms with Crippen LogP contribution in [-0.2, 0) is 47.6 Å². The highest BCUT2D eigenvalue weighted by molar-refractivity contribution is 7.07. The third kappa shape index (κ3) is 8.06. The van der Waals surface area contributed by atoms with Gasteiger partial charge < -0.3 is 37.6 Å². The number of nitrogens with zero attached hydrogens (tertiary/aromatic N) is 1. The summed E-state index contributed by atoms with van der Waals surface area (Å²) in [7, 11) is 0. The van der Waals surface area contributed by atoms with Gasteiger partial charge in [0.05, 0.1) is 28.8 Å². The Morgan fingerprint density at radius 1 is 0.848 bits per heavy atom. The number of fused-ring (bicyclic) bond motifs is 1. The topological polar surface area (TPSA) is 193 Å². The van der Waals surface area contributed by atoms with Crippen LogP contribution in [0.4, 0.5) is 0 Å². The first-order valence-electron chi connectivity index (χ1n) is 14.0. The summed E-state index contributed by atoms with van der Waals surface area (Å²) in [6.45, 7) is 5.45. The Balaban J connectivity index is 1.69. The molecule has 2 aromatic heterocycles. The van der Waals surface area contributed by atoms with E-state index in [2.05, 4.69) is 4.98 Å². The molecule has 4 rings (SSSR count). The molecule has 46 heavy (non-hydrogen) atoms. The highest BCUT2D eigenvalue weighted by Crippen LogP contribution is 2.31. The maximum absolute atomic E-state index is 13.5. The SMILES string of the molecule is CCOC(=O)c1oc2cc(OC[C@@H]3O[C@H](COC(C)=O)[C@@H](OC(C)=O)[C@@H](OC(C)=O)[C@@H]3OC(C)=O)ccc2c(=O)c1-c1cscn1. The van der Waals surface area contributed by atoms with Crippen LogP contribution in [0.15, 0.2) is 38.3 Å². The van der Waals surface area contributed by atoms with E-state index in [0.717, 1.165) is 20.8 Å². The number of hydrogen-bond acceptors (Lipinski definition) is 16. The molecule has 1 saturated heterocycles. The lowest BCUT2D eigenvalue weighted by Gasteiger charge is -2.44. The predicted octanol–water partition coefficient (Wildman–Crippen LogP) is 2.60. The van der Waals surface area contributed by atoms with Gasteiger partial charge in [-0.15, -0.1) is 11.3 Å². The van der Waals surface area contributed by atoms with Gasteiger partial charge in [0.15, 0.2) is 18.3 Å². The van der Waals surface area contributed by atoms with Crippen molar-refractivity contribution in [2.75, 3.05) is 19.8 Å². The number of thiazole rings is 1. The van der Waals surface area contributed by atoms with Crippen LogP contribution in [0, 0.1) is 0 Å². The third-order valence-electron chi connectivity index (χ3n) is 6.51. The number of benzene rings is 1. The highest BCUT2D eigenvalue weighted by Gasteiger charge is 2.52. The van der Waals surface area contributed by atoms with E-state index in [1.807, 2.05) is 0 Å². The predicted molar refractivity (Wildman–Crippen MR) is 157 cm³/mol. The standard InChI is InChI=1S/C30H31NO14S/c1-6-38-30(37)28-24(20-12-46-13-31-20)25(36)19-8-7-18(9-21(19)45-28)40-11-23-27(42-16(4)34)29(43-17(5)35)26(41-15(3)33)22(44-23)10-39-14(2)32/h7-9,12-13,22-23,26-27,29H,6,10-11H2,1-5H3/t22-,23+,26-,27-,29-/m1/s1. The largest absolute Gasteiger partial charge is 0.491 e. The van der Waals surface area contributed by atoms with Gasteiger partial charge in [-0.05, 0) is 19.1 Å². The molecule has 1 aliphatic heterocycles. The summed E-state index contributed by atoms with van der Waals surface area (Å²) in [6, 6.07) is 4.28. The van der Waals surface area contributed by atoms with Crippen molar-refractivity contribution in [1.82, 2.24) is 4.98 Å². The molecular weight excluding hydrogens is 630 g/mol. The van der Waals surface area contributed by atoms with E-state index in [1.54, 1.807) is 12.3 Å². The Hall–Kier alpha value is -4.83. The minimum atomic E-state index is -1.36. The lowest BCUT2D eigenvalue weighted by molar-refractivity contribution is -0.255. The summed E-state index contributed by atoms with van der Waals surface area (Å²) >= 11 is 1.24. The second kappa shape index (κ2) is 15.0. The van der Waals surface area contributed by atoms with Crippen molar-refractivity contribution in [3.8, 4) is 17.0 Å². The Kier molecular flexibility index (Phi) is 11.1. The molecule has 0 aliphatic carbocycles. The molecule has 0 spiro atoms. The summed E-state index contributed by atoms with van der Waals surface area (Å²) in [5.41, 5.74) is 1.22. The number of rotatable bonds is 11. The fourth-order valence-corrected chi connectivity index (χ4v) is 5.35. The van der Waals surface area contributed by atoms with Crippen LogP contribution < -0.4 is 10.2 Å². The van der Waals surface area contributed by atoms with E-state index in [4.69, 9.17) is 37.6 Å². The number of aromatic nitrogens is 1. The van der Waals surface area contributed by atoms with Crippen LogP contribution in [0.3, 0.4) is 0 Å². The molecule has 1 aliphatic rings. The van der Waals surface area contributed by atoms with Gasteiger partial charge in [0, 0.05) is 39.1 Å². The molecule has 0 saturated carbocycles. The van der Waals surface area contributed by atoms with Gasteiger partial charge in [-0.25, -0.2) is 9.78 Å².